The highest BCUT2D eigenvalue weighted by Gasteiger charge is 2.37. The van der Waals surface area contributed by atoms with Crippen LogP contribution in [0.3, 0.4) is 0 Å². The van der Waals surface area contributed by atoms with Crippen LogP contribution in [0, 0.1) is 0 Å². The molecule has 3 heterocycles. The zero-order valence-corrected chi connectivity index (χ0v) is 11.2. The Morgan fingerprint density at radius 2 is 2.35 bits per heavy atom. The van der Waals surface area contributed by atoms with Crippen molar-refractivity contribution in [1.29, 1.82) is 0 Å². The number of anilines is 1. The topological polar surface area (TPSA) is 89.2 Å². The summed E-state index contributed by atoms with van der Waals surface area (Å²) in [5, 5.41) is 18.2. The molecule has 8 nitrogen and oxygen atoms in total. The minimum absolute atomic E-state index is 0.410. The number of ether oxygens (including phenoxy) is 1. The summed E-state index contributed by atoms with van der Waals surface area (Å²) in [6, 6.07) is 1.70. The van der Waals surface area contributed by atoms with Gasteiger partial charge in [-0.05, 0) is 6.42 Å². The van der Waals surface area contributed by atoms with Gasteiger partial charge in [0.15, 0.2) is 0 Å². The van der Waals surface area contributed by atoms with E-state index in [4.69, 9.17) is 4.74 Å². The lowest BCUT2D eigenvalue weighted by Gasteiger charge is -2.23. The first-order chi connectivity index (χ1) is 9.68. The smallest absolute Gasteiger partial charge is 0.228 e. The lowest BCUT2D eigenvalue weighted by atomic mass is 10.0. The molecule has 0 spiro atoms. The summed E-state index contributed by atoms with van der Waals surface area (Å²) < 4.78 is 6.72. The Labute approximate surface area is 116 Å². The minimum atomic E-state index is -0.847. The molecular formula is C12H16N6O2. The van der Waals surface area contributed by atoms with Crippen molar-refractivity contribution in [2.45, 2.75) is 18.6 Å². The molecule has 0 aliphatic carbocycles. The van der Waals surface area contributed by atoms with E-state index >= 15 is 0 Å². The van der Waals surface area contributed by atoms with Crippen molar-refractivity contribution in [2.24, 2.45) is 0 Å². The molecule has 0 saturated carbocycles. The van der Waals surface area contributed by atoms with Gasteiger partial charge in [0.2, 0.25) is 11.8 Å². The normalized spacial score (nSPS) is 22.2. The number of rotatable bonds is 4. The maximum atomic E-state index is 10.6. The molecule has 1 fully saturated rings. The van der Waals surface area contributed by atoms with Crippen LogP contribution in [-0.2, 0) is 6.54 Å². The van der Waals surface area contributed by atoms with E-state index in [-0.39, 0.29) is 0 Å². The molecule has 1 N–H and O–H groups in total. The summed E-state index contributed by atoms with van der Waals surface area (Å²) >= 11 is 0. The maximum absolute atomic E-state index is 10.6. The lowest BCUT2D eigenvalue weighted by molar-refractivity contribution is 0.0408. The first kappa shape index (κ1) is 12.8. The average molecular weight is 276 g/mol. The van der Waals surface area contributed by atoms with Crippen molar-refractivity contribution in [2.75, 3.05) is 25.1 Å². The van der Waals surface area contributed by atoms with E-state index < -0.39 is 5.60 Å². The number of β-amino-alcohol motifs (C(OH)–C–C–N with tert-alkyl or cyclic N) is 1. The molecule has 20 heavy (non-hydrogen) atoms. The molecule has 106 valence electrons. The Morgan fingerprint density at radius 3 is 3.10 bits per heavy atom. The molecule has 8 heteroatoms. The zero-order valence-electron chi connectivity index (χ0n) is 11.2. The van der Waals surface area contributed by atoms with Gasteiger partial charge in [-0.3, -0.25) is 0 Å². The second-order valence-corrected chi connectivity index (χ2v) is 4.90. The number of aromatic nitrogens is 5. The largest absolute Gasteiger partial charge is 0.481 e. The van der Waals surface area contributed by atoms with Crippen molar-refractivity contribution in [1.82, 2.24) is 25.0 Å². The molecule has 3 rings (SSSR count). The van der Waals surface area contributed by atoms with Crippen LogP contribution in [0.1, 0.15) is 6.42 Å². The van der Waals surface area contributed by atoms with Gasteiger partial charge >= 0.3 is 0 Å². The Balaban J connectivity index is 1.72. The number of nitrogens with zero attached hydrogens (tertiary/aromatic N) is 6. The average Bonchev–Trinajstić information content (AvgIpc) is 3.09. The summed E-state index contributed by atoms with van der Waals surface area (Å²) in [5.41, 5.74) is -0.847. The van der Waals surface area contributed by atoms with Crippen molar-refractivity contribution in [3.05, 3.63) is 24.7 Å². The molecular weight excluding hydrogens is 260 g/mol. The van der Waals surface area contributed by atoms with Crippen molar-refractivity contribution in [3.8, 4) is 5.88 Å². The maximum Gasteiger partial charge on any atom is 0.228 e. The van der Waals surface area contributed by atoms with Crippen LogP contribution in [-0.4, -0.2) is 55.9 Å². The minimum Gasteiger partial charge on any atom is -0.481 e. The van der Waals surface area contributed by atoms with Gasteiger partial charge in [0.25, 0.3) is 0 Å². The van der Waals surface area contributed by atoms with Crippen molar-refractivity contribution >= 4 is 5.95 Å². The van der Waals surface area contributed by atoms with Crippen molar-refractivity contribution < 1.29 is 9.84 Å². The third-order valence-corrected chi connectivity index (χ3v) is 3.37. The molecule has 2 aromatic heterocycles. The summed E-state index contributed by atoms with van der Waals surface area (Å²) in [7, 11) is 1.57. The molecule has 1 aliphatic rings. The fourth-order valence-electron chi connectivity index (χ4n) is 2.37. The first-order valence-electron chi connectivity index (χ1n) is 6.37. The summed E-state index contributed by atoms with van der Waals surface area (Å²) in [5.74, 6) is 1.08. The van der Waals surface area contributed by atoms with E-state index in [0.717, 1.165) is 0 Å². The zero-order chi connectivity index (χ0) is 14.0. The summed E-state index contributed by atoms with van der Waals surface area (Å²) in [4.78, 5) is 10.4. The molecule has 1 aliphatic heterocycles. The fraction of sp³-hybridized carbons (Fsp3) is 0.500. The second kappa shape index (κ2) is 5.04. The van der Waals surface area contributed by atoms with Gasteiger partial charge in [0, 0.05) is 25.0 Å². The van der Waals surface area contributed by atoms with Crippen LogP contribution in [0.5, 0.6) is 5.88 Å². The number of aliphatic hydroxyl groups is 1. The van der Waals surface area contributed by atoms with E-state index in [0.29, 0.717) is 37.9 Å². The van der Waals surface area contributed by atoms with Crippen LogP contribution >= 0.6 is 0 Å². The van der Waals surface area contributed by atoms with Crippen LogP contribution in [0.25, 0.3) is 0 Å². The van der Waals surface area contributed by atoms with E-state index in [1.807, 2.05) is 4.90 Å². The predicted molar refractivity (Wildman–Crippen MR) is 70.4 cm³/mol. The highest BCUT2D eigenvalue weighted by molar-refractivity contribution is 5.35. The number of hydrogen-bond donors (Lipinski definition) is 1. The van der Waals surface area contributed by atoms with E-state index in [1.54, 1.807) is 36.4 Å². The van der Waals surface area contributed by atoms with Gasteiger partial charge in [-0.25, -0.2) is 9.67 Å². The van der Waals surface area contributed by atoms with Crippen LogP contribution in [0.15, 0.2) is 24.7 Å². The van der Waals surface area contributed by atoms with Crippen molar-refractivity contribution in [3.63, 3.8) is 0 Å². The van der Waals surface area contributed by atoms with Gasteiger partial charge in [-0.1, -0.05) is 5.21 Å². The lowest BCUT2D eigenvalue weighted by Crippen LogP contribution is -2.38. The highest BCUT2D eigenvalue weighted by Crippen LogP contribution is 2.26. The molecule has 1 atom stereocenters. The molecule has 1 saturated heterocycles. The summed E-state index contributed by atoms with van der Waals surface area (Å²) in [6.45, 7) is 1.56. The molecule has 0 bridgehead atoms. The predicted octanol–water partition coefficient (Wildman–Crippen LogP) is -0.282. The van der Waals surface area contributed by atoms with E-state index in [9.17, 15) is 5.11 Å². The van der Waals surface area contributed by atoms with Gasteiger partial charge in [-0.15, -0.1) is 5.10 Å². The van der Waals surface area contributed by atoms with E-state index in [2.05, 4.69) is 20.3 Å². The molecule has 1 unspecified atom stereocenters. The quantitative estimate of drug-likeness (QED) is 0.821. The fourth-order valence-corrected chi connectivity index (χ4v) is 2.37. The molecule has 0 radical (unpaired) electrons. The van der Waals surface area contributed by atoms with Crippen LogP contribution < -0.4 is 9.64 Å². The Morgan fingerprint density at radius 1 is 1.45 bits per heavy atom. The first-order valence-corrected chi connectivity index (χ1v) is 6.37. The van der Waals surface area contributed by atoms with Crippen LogP contribution in [0.4, 0.5) is 5.95 Å². The number of hydrogen-bond acceptors (Lipinski definition) is 7. The molecule has 0 amide bonds. The van der Waals surface area contributed by atoms with Gasteiger partial charge < -0.3 is 14.7 Å². The van der Waals surface area contributed by atoms with Crippen LogP contribution in [0.2, 0.25) is 0 Å². The summed E-state index contributed by atoms with van der Waals surface area (Å²) in [6.07, 6.45) is 5.62. The third-order valence-electron chi connectivity index (χ3n) is 3.37. The SMILES string of the molecule is COc1ccnc(N2CCC(O)(Cn3ccnn3)C2)n1. The monoisotopic (exact) mass is 276 g/mol. The second-order valence-electron chi connectivity index (χ2n) is 4.90. The third kappa shape index (κ3) is 2.55. The van der Waals surface area contributed by atoms with Gasteiger partial charge in [-0.2, -0.15) is 4.98 Å². The Hall–Kier alpha value is -2.22. The van der Waals surface area contributed by atoms with Gasteiger partial charge in [0.1, 0.15) is 5.60 Å². The number of methoxy groups -OCH3 is 1. The molecule has 2 aromatic rings. The van der Waals surface area contributed by atoms with Gasteiger partial charge in [0.05, 0.1) is 26.4 Å². The van der Waals surface area contributed by atoms with E-state index in [1.165, 1.54) is 0 Å². The highest BCUT2D eigenvalue weighted by atomic mass is 16.5. The standard InChI is InChI=1S/C12H16N6O2/c1-20-10-2-4-13-11(15-10)17-6-3-12(19,8-17)9-18-7-5-14-16-18/h2,4-5,7,19H,3,6,8-9H2,1H3. The Kier molecular flexibility index (Phi) is 3.23. The Bertz CT molecular complexity index is 575. The molecule has 0 aromatic carbocycles.